The molecule has 2 heterocycles. The molecule has 5 nitrogen and oxygen atoms in total. The maximum atomic E-state index is 13.6. The number of carbonyl (C=O) groups excluding carboxylic acids is 1. The van der Waals surface area contributed by atoms with Gasteiger partial charge in [0.1, 0.15) is 11.5 Å². The Bertz CT molecular complexity index is 847. The van der Waals surface area contributed by atoms with E-state index in [4.69, 9.17) is 0 Å². The SMILES string of the molecule is CC(C)(C)c1cc(C(F)(F)F)n(C(C=O)N2CCN(c3ccc(F)cc3)CC2)n1. The van der Waals surface area contributed by atoms with Crippen molar-refractivity contribution in [1.82, 2.24) is 14.7 Å². The molecule has 0 spiro atoms. The van der Waals surface area contributed by atoms with Gasteiger partial charge in [0.25, 0.3) is 0 Å². The highest BCUT2D eigenvalue weighted by Crippen LogP contribution is 2.35. The van der Waals surface area contributed by atoms with E-state index in [2.05, 4.69) is 5.10 Å². The first-order valence-corrected chi connectivity index (χ1v) is 9.38. The predicted molar refractivity (Wildman–Crippen MR) is 101 cm³/mol. The van der Waals surface area contributed by atoms with Crippen LogP contribution in [0.3, 0.4) is 0 Å². The number of aromatic nitrogens is 2. The van der Waals surface area contributed by atoms with Gasteiger partial charge >= 0.3 is 6.18 Å². The van der Waals surface area contributed by atoms with Crippen molar-refractivity contribution < 1.29 is 22.4 Å². The summed E-state index contributed by atoms with van der Waals surface area (Å²) in [6.45, 7) is 7.09. The van der Waals surface area contributed by atoms with Crippen LogP contribution in [0.15, 0.2) is 30.3 Å². The van der Waals surface area contributed by atoms with Crippen LogP contribution in [0.2, 0.25) is 0 Å². The monoisotopic (exact) mass is 412 g/mol. The second-order valence-corrected chi connectivity index (χ2v) is 8.16. The fourth-order valence-electron chi connectivity index (χ4n) is 3.37. The molecule has 0 N–H and O–H groups in total. The first-order chi connectivity index (χ1) is 13.5. The summed E-state index contributed by atoms with van der Waals surface area (Å²) in [7, 11) is 0. The molecule has 2 aromatic rings. The van der Waals surface area contributed by atoms with Gasteiger partial charge in [0.2, 0.25) is 0 Å². The Morgan fingerprint density at radius 3 is 2.10 bits per heavy atom. The molecule has 9 heteroatoms. The molecule has 1 aliphatic heterocycles. The Morgan fingerprint density at radius 1 is 1.03 bits per heavy atom. The van der Waals surface area contributed by atoms with Gasteiger partial charge in [0.05, 0.1) is 5.69 Å². The fraction of sp³-hybridized carbons (Fsp3) is 0.500. The van der Waals surface area contributed by atoms with Crippen LogP contribution < -0.4 is 4.90 Å². The number of carbonyl (C=O) groups is 1. The Kier molecular flexibility index (Phi) is 5.71. The quantitative estimate of drug-likeness (QED) is 0.565. The van der Waals surface area contributed by atoms with Gasteiger partial charge in [-0.05, 0) is 30.3 Å². The van der Waals surface area contributed by atoms with E-state index in [1.807, 2.05) is 4.90 Å². The van der Waals surface area contributed by atoms with E-state index in [0.717, 1.165) is 16.4 Å². The molecule has 0 bridgehead atoms. The zero-order valence-electron chi connectivity index (χ0n) is 16.6. The van der Waals surface area contributed by atoms with Crippen LogP contribution >= 0.6 is 0 Å². The second-order valence-electron chi connectivity index (χ2n) is 8.16. The smallest absolute Gasteiger partial charge is 0.369 e. The molecule has 3 rings (SSSR count). The topological polar surface area (TPSA) is 41.4 Å². The van der Waals surface area contributed by atoms with Crippen LogP contribution in [-0.4, -0.2) is 47.1 Å². The zero-order chi connectivity index (χ0) is 21.4. The van der Waals surface area contributed by atoms with Crippen LogP contribution in [0.25, 0.3) is 0 Å². The van der Waals surface area contributed by atoms with Crippen molar-refractivity contribution in [2.45, 2.75) is 38.5 Å². The number of benzene rings is 1. The number of piperazine rings is 1. The third-order valence-corrected chi connectivity index (χ3v) is 5.05. The molecule has 1 saturated heterocycles. The minimum atomic E-state index is -4.62. The van der Waals surface area contributed by atoms with E-state index in [1.165, 1.54) is 12.1 Å². The van der Waals surface area contributed by atoms with E-state index in [0.29, 0.717) is 32.5 Å². The summed E-state index contributed by atoms with van der Waals surface area (Å²) in [5.41, 5.74) is -0.402. The standard InChI is InChI=1S/C20H24F4N4O/c1-19(2,3)16-12-17(20(22,23)24)28(25-16)18(13-29)27-10-8-26(9-11-27)15-6-4-14(21)5-7-15/h4-7,12-13,18H,8-11H2,1-3H3. The predicted octanol–water partition coefficient (Wildman–Crippen LogP) is 3.86. The van der Waals surface area contributed by atoms with E-state index < -0.39 is 23.5 Å². The molecule has 0 amide bonds. The molecule has 1 aromatic carbocycles. The van der Waals surface area contributed by atoms with Crippen molar-refractivity contribution in [3.63, 3.8) is 0 Å². The number of alkyl halides is 3. The fourth-order valence-corrected chi connectivity index (χ4v) is 3.37. The minimum absolute atomic E-state index is 0.279. The Hall–Kier alpha value is -2.42. The summed E-state index contributed by atoms with van der Waals surface area (Å²) < 4.78 is 54.7. The van der Waals surface area contributed by atoms with Crippen molar-refractivity contribution in [2.75, 3.05) is 31.1 Å². The van der Waals surface area contributed by atoms with Gasteiger partial charge < -0.3 is 4.90 Å². The number of aldehydes is 1. The molecule has 1 aliphatic rings. The average molecular weight is 412 g/mol. The number of halogens is 4. The largest absolute Gasteiger partial charge is 0.433 e. The van der Waals surface area contributed by atoms with Crippen LogP contribution in [-0.2, 0) is 16.4 Å². The summed E-state index contributed by atoms with van der Waals surface area (Å²) in [5.74, 6) is -0.332. The highest BCUT2D eigenvalue weighted by Gasteiger charge is 2.40. The lowest BCUT2D eigenvalue weighted by atomic mass is 9.92. The van der Waals surface area contributed by atoms with Crippen molar-refractivity contribution >= 4 is 12.0 Å². The van der Waals surface area contributed by atoms with Crippen molar-refractivity contribution in [1.29, 1.82) is 0 Å². The van der Waals surface area contributed by atoms with Crippen LogP contribution in [0.4, 0.5) is 23.2 Å². The number of anilines is 1. The normalized spacial score (nSPS) is 17.4. The van der Waals surface area contributed by atoms with Gasteiger partial charge in [-0.15, -0.1) is 0 Å². The maximum absolute atomic E-state index is 13.6. The molecule has 1 fully saturated rings. The van der Waals surface area contributed by atoms with Gasteiger partial charge in [-0.3, -0.25) is 9.69 Å². The Balaban J connectivity index is 1.82. The highest BCUT2D eigenvalue weighted by atomic mass is 19.4. The molecule has 0 aliphatic carbocycles. The van der Waals surface area contributed by atoms with E-state index in [-0.39, 0.29) is 11.5 Å². The number of rotatable bonds is 4. The highest BCUT2D eigenvalue weighted by molar-refractivity contribution is 5.56. The minimum Gasteiger partial charge on any atom is -0.369 e. The van der Waals surface area contributed by atoms with Crippen molar-refractivity contribution in [2.24, 2.45) is 0 Å². The summed E-state index contributed by atoms with van der Waals surface area (Å²) in [5, 5.41) is 4.15. The average Bonchev–Trinajstić information content (AvgIpc) is 3.10. The van der Waals surface area contributed by atoms with Crippen molar-refractivity contribution in [3.8, 4) is 0 Å². The number of hydrogen-bond donors (Lipinski definition) is 0. The molecule has 0 radical (unpaired) electrons. The van der Waals surface area contributed by atoms with Gasteiger partial charge in [0, 0.05) is 37.3 Å². The molecule has 1 atom stereocenters. The summed E-state index contributed by atoms with van der Waals surface area (Å²) in [6.07, 6.45) is -5.26. The molecule has 158 valence electrons. The summed E-state index contributed by atoms with van der Waals surface area (Å²) >= 11 is 0. The molecular formula is C20H24F4N4O. The van der Waals surface area contributed by atoms with E-state index in [1.54, 1.807) is 37.8 Å². The second kappa shape index (κ2) is 7.78. The lowest BCUT2D eigenvalue weighted by Gasteiger charge is -2.38. The van der Waals surface area contributed by atoms with Crippen molar-refractivity contribution in [3.05, 3.63) is 47.5 Å². The summed E-state index contributed by atoms with van der Waals surface area (Å²) in [4.78, 5) is 15.5. The van der Waals surface area contributed by atoms with Gasteiger partial charge in [-0.2, -0.15) is 18.3 Å². The Labute approximate surface area is 166 Å². The Morgan fingerprint density at radius 2 is 1.62 bits per heavy atom. The van der Waals surface area contributed by atoms with Gasteiger partial charge in [-0.1, -0.05) is 20.8 Å². The lowest BCUT2D eigenvalue weighted by molar-refractivity contribution is -0.147. The van der Waals surface area contributed by atoms with E-state index in [9.17, 15) is 22.4 Å². The zero-order valence-corrected chi connectivity index (χ0v) is 16.6. The lowest BCUT2D eigenvalue weighted by Crippen LogP contribution is -2.50. The molecule has 1 aromatic heterocycles. The number of hydrogen-bond acceptors (Lipinski definition) is 4. The molecular weight excluding hydrogens is 388 g/mol. The third kappa shape index (κ3) is 4.60. The first kappa shape index (κ1) is 21.3. The molecule has 1 unspecified atom stereocenters. The van der Waals surface area contributed by atoms with Gasteiger partial charge in [0.15, 0.2) is 12.5 Å². The van der Waals surface area contributed by atoms with Crippen LogP contribution in [0.1, 0.15) is 38.3 Å². The maximum Gasteiger partial charge on any atom is 0.433 e. The first-order valence-electron chi connectivity index (χ1n) is 9.38. The molecule has 29 heavy (non-hydrogen) atoms. The summed E-state index contributed by atoms with van der Waals surface area (Å²) in [6, 6.07) is 7.07. The third-order valence-electron chi connectivity index (χ3n) is 5.05. The number of nitrogens with zero attached hydrogens (tertiary/aromatic N) is 4. The van der Waals surface area contributed by atoms with Crippen LogP contribution in [0, 0.1) is 5.82 Å². The van der Waals surface area contributed by atoms with Crippen LogP contribution in [0.5, 0.6) is 0 Å². The van der Waals surface area contributed by atoms with Gasteiger partial charge in [-0.25, -0.2) is 9.07 Å². The van der Waals surface area contributed by atoms with E-state index >= 15 is 0 Å². The molecule has 0 saturated carbocycles.